The highest BCUT2D eigenvalue weighted by atomic mass is 35.5. The van der Waals surface area contributed by atoms with Gasteiger partial charge in [-0.05, 0) is 25.2 Å². The molecule has 18 heavy (non-hydrogen) atoms. The first-order valence-electron chi connectivity index (χ1n) is 5.56. The molecule has 0 amide bonds. The molecule has 0 aromatic heterocycles. The van der Waals surface area contributed by atoms with Gasteiger partial charge in [0.25, 0.3) is 0 Å². The molecule has 0 radical (unpaired) electrons. The van der Waals surface area contributed by atoms with E-state index in [1.54, 1.807) is 6.07 Å². The monoisotopic (exact) mass is 265 g/mol. The summed E-state index contributed by atoms with van der Waals surface area (Å²) in [6.07, 6.45) is 0. The second-order valence-corrected chi connectivity index (χ2v) is 4.22. The summed E-state index contributed by atoms with van der Waals surface area (Å²) >= 11 is 5.71. The summed E-state index contributed by atoms with van der Waals surface area (Å²) in [6.45, 7) is 0.700. The number of nitrogens with one attached hydrogen (secondary N) is 1. The molecule has 0 atom stereocenters. The van der Waals surface area contributed by atoms with Crippen LogP contribution in [0.5, 0.6) is 11.5 Å². The topological polar surface area (TPSA) is 21.3 Å². The van der Waals surface area contributed by atoms with Crippen LogP contribution in [0.4, 0.5) is 4.39 Å². The highest BCUT2D eigenvalue weighted by molar-refractivity contribution is 6.30. The largest absolute Gasteiger partial charge is 0.457 e. The fraction of sp³-hybridized carbons (Fsp3) is 0.143. The van der Waals surface area contributed by atoms with Gasteiger partial charge in [0, 0.05) is 18.2 Å². The third-order valence-electron chi connectivity index (χ3n) is 2.46. The number of benzene rings is 2. The van der Waals surface area contributed by atoms with Crippen LogP contribution in [0.15, 0.2) is 42.5 Å². The van der Waals surface area contributed by atoms with Crippen LogP contribution in [0, 0.1) is 5.82 Å². The predicted molar refractivity (Wildman–Crippen MR) is 70.7 cm³/mol. The first kappa shape index (κ1) is 12.9. The maximum atomic E-state index is 13.0. The van der Waals surface area contributed by atoms with Gasteiger partial charge in [0.1, 0.15) is 17.3 Å². The smallest absolute Gasteiger partial charge is 0.142 e. The van der Waals surface area contributed by atoms with Crippen molar-refractivity contribution in [3.8, 4) is 11.5 Å². The molecule has 0 aliphatic carbocycles. The van der Waals surface area contributed by atoms with Crippen molar-refractivity contribution in [1.82, 2.24) is 5.32 Å². The summed E-state index contributed by atoms with van der Waals surface area (Å²) < 4.78 is 18.7. The Morgan fingerprint density at radius 3 is 2.72 bits per heavy atom. The van der Waals surface area contributed by atoms with Gasteiger partial charge < -0.3 is 10.1 Å². The lowest BCUT2D eigenvalue weighted by Crippen LogP contribution is -2.06. The third kappa shape index (κ3) is 3.00. The molecule has 2 aromatic carbocycles. The Morgan fingerprint density at radius 2 is 2.00 bits per heavy atom. The molecule has 0 aliphatic rings. The molecule has 94 valence electrons. The lowest BCUT2D eigenvalue weighted by atomic mass is 10.2. The number of ether oxygens (including phenoxy) is 1. The molecule has 0 saturated heterocycles. The molecule has 2 aromatic rings. The van der Waals surface area contributed by atoms with Gasteiger partial charge >= 0.3 is 0 Å². The van der Waals surface area contributed by atoms with Gasteiger partial charge in [-0.1, -0.05) is 29.8 Å². The molecule has 2 rings (SSSR count). The first-order valence-corrected chi connectivity index (χ1v) is 5.94. The Kier molecular flexibility index (Phi) is 4.18. The van der Waals surface area contributed by atoms with E-state index < -0.39 is 5.82 Å². The maximum Gasteiger partial charge on any atom is 0.142 e. The van der Waals surface area contributed by atoms with Crippen molar-refractivity contribution in [3.05, 3.63) is 58.9 Å². The first-order chi connectivity index (χ1) is 8.70. The standard InChI is InChI=1S/C14H13ClFNO/c1-17-9-10-4-2-3-5-14(10)18-11-6-7-13(16)12(15)8-11/h2-8,17H,9H2,1H3. The van der Waals surface area contributed by atoms with Gasteiger partial charge in [0.15, 0.2) is 0 Å². The van der Waals surface area contributed by atoms with Crippen LogP contribution in [-0.4, -0.2) is 7.05 Å². The molecule has 0 spiro atoms. The van der Waals surface area contributed by atoms with Gasteiger partial charge in [-0.3, -0.25) is 0 Å². The number of halogens is 2. The van der Waals surface area contributed by atoms with Crippen LogP contribution >= 0.6 is 11.6 Å². The van der Waals surface area contributed by atoms with Crippen LogP contribution in [0.25, 0.3) is 0 Å². The Morgan fingerprint density at radius 1 is 1.22 bits per heavy atom. The molecule has 0 heterocycles. The van der Waals surface area contributed by atoms with Crippen LogP contribution in [0.2, 0.25) is 5.02 Å². The Labute approximate surface area is 110 Å². The number of hydrogen-bond donors (Lipinski definition) is 1. The fourth-order valence-corrected chi connectivity index (χ4v) is 1.78. The minimum Gasteiger partial charge on any atom is -0.457 e. The molecule has 2 nitrogen and oxygen atoms in total. The fourth-order valence-electron chi connectivity index (χ4n) is 1.61. The Balaban J connectivity index is 2.25. The molecule has 0 fully saturated rings. The number of hydrogen-bond acceptors (Lipinski definition) is 2. The highest BCUT2D eigenvalue weighted by Gasteiger charge is 2.06. The molecule has 0 saturated carbocycles. The Hall–Kier alpha value is -1.58. The van der Waals surface area contributed by atoms with E-state index in [2.05, 4.69) is 5.32 Å². The molecule has 0 unspecified atom stereocenters. The second kappa shape index (κ2) is 5.85. The highest BCUT2D eigenvalue weighted by Crippen LogP contribution is 2.28. The van der Waals surface area contributed by atoms with Crippen molar-refractivity contribution in [3.63, 3.8) is 0 Å². The van der Waals surface area contributed by atoms with Crippen LogP contribution < -0.4 is 10.1 Å². The van der Waals surface area contributed by atoms with E-state index in [9.17, 15) is 4.39 Å². The van der Waals surface area contributed by atoms with Crippen LogP contribution in [0.3, 0.4) is 0 Å². The summed E-state index contributed by atoms with van der Waals surface area (Å²) in [5.41, 5.74) is 1.03. The summed E-state index contributed by atoms with van der Waals surface area (Å²) in [4.78, 5) is 0. The van der Waals surface area contributed by atoms with E-state index in [0.717, 1.165) is 11.3 Å². The van der Waals surface area contributed by atoms with E-state index in [0.29, 0.717) is 12.3 Å². The molecular weight excluding hydrogens is 253 g/mol. The Bertz CT molecular complexity index is 545. The van der Waals surface area contributed by atoms with Crippen LogP contribution in [-0.2, 0) is 6.54 Å². The summed E-state index contributed by atoms with van der Waals surface area (Å²) in [6, 6.07) is 12.0. The van der Waals surface area contributed by atoms with Gasteiger partial charge in [0.05, 0.1) is 5.02 Å². The quantitative estimate of drug-likeness (QED) is 0.902. The average molecular weight is 266 g/mol. The molecule has 0 aliphatic heterocycles. The van der Waals surface area contributed by atoms with E-state index >= 15 is 0 Å². The molecule has 0 bridgehead atoms. The third-order valence-corrected chi connectivity index (χ3v) is 2.75. The van der Waals surface area contributed by atoms with Gasteiger partial charge in [-0.2, -0.15) is 0 Å². The number of para-hydroxylation sites is 1. The van der Waals surface area contributed by atoms with Gasteiger partial charge in [-0.15, -0.1) is 0 Å². The van der Waals surface area contributed by atoms with E-state index in [1.807, 2.05) is 31.3 Å². The SMILES string of the molecule is CNCc1ccccc1Oc1ccc(F)c(Cl)c1. The molecule has 4 heteroatoms. The van der Waals surface area contributed by atoms with E-state index in [-0.39, 0.29) is 5.02 Å². The normalized spacial score (nSPS) is 10.4. The zero-order valence-corrected chi connectivity index (χ0v) is 10.7. The van der Waals surface area contributed by atoms with Gasteiger partial charge in [-0.25, -0.2) is 4.39 Å². The summed E-state index contributed by atoms with van der Waals surface area (Å²) in [7, 11) is 1.87. The zero-order chi connectivity index (χ0) is 13.0. The second-order valence-electron chi connectivity index (χ2n) is 3.82. The van der Waals surface area contributed by atoms with Crippen molar-refractivity contribution in [2.75, 3.05) is 7.05 Å². The van der Waals surface area contributed by atoms with E-state index in [4.69, 9.17) is 16.3 Å². The summed E-state index contributed by atoms with van der Waals surface area (Å²) in [5.74, 6) is 0.798. The molecule has 1 N–H and O–H groups in total. The zero-order valence-electron chi connectivity index (χ0n) is 9.91. The molecular formula is C14H13ClFNO. The number of rotatable bonds is 4. The van der Waals surface area contributed by atoms with Gasteiger partial charge in [0.2, 0.25) is 0 Å². The predicted octanol–water partition coefficient (Wildman–Crippen LogP) is 3.99. The maximum absolute atomic E-state index is 13.0. The van der Waals surface area contributed by atoms with Crippen LogP contribution in [0.1, 0.15) is 5.56 Å². The summed E-state index contributed by atoms with van der Waals surface area (Å²) in [5, 5.41) is 3.12. The minimum absolute atomic E-state index is 0.0543. The van der Waals surface area contributed by atoms with E-state index in [1.165, 1.54) is 12.1 Å². The van der Waals surface area contributed by atoms with Crippen molar-refractivity contribution >= 4 is 11.6 Å². The van der Waals surface area contributed by atoms with Crippen molar-refractivity contribution in [2.24, 2.45) is 0 Å². The van der Waals surface area contributed by atoms with Crippen molar-refractivity contribution < 1.29 is 9.13 Å². The van der Waals surface area contributed by atoms with Crippen molar-refractivity contribution in [2.45, 2.75) is 6.54 Å². The lowest BCUT2D eigenvalue weighted by Gasteiger charge is -2.11. The average Bonchev–Trinajstić information content (AvgIpc) is 2.37. The minimum atomic E-state index is -0.451. The van der Waals surface area contributed by atoms with Crippen molar-refractivity contribution in [1.29, 1.82) is 0 Å². The lowest BCUT2D eigenvalue weighted by molar-refractivity contribution is 0.472.